The van der Waals surface area contributed by atoms with Crippen molar-refractivity contribution in [2.24, 2.45) is 23.2 Å². The van der Waals surface area contributed by atoms with E-state index < -0.39 is 11.4 Å². The van der Waals surface area contributed by atoms with Crippen molar-refractivity contribution in [2.45, 2.75) is 0 Å². The summed E-state index contributed by atoms with van der Waals surface area (Å²) in [5.41, 5.74) is -0.583. The molecule has 0 atom stereocenters. The first-order valence-electron chi connectivity index (χ1n) is 4.54. The molecule has 2 nitrogen and oxygen atoms in total. The maximum absolute atomic E-state index is 11.3. The summed E-state index contributed by atoms with van der Waals surface area (Å²) < 4.78 is 0. The zero-order valence-corrected chi connectivity index (χ0v) is 7.05. The lowest BCUT2D eigenvalue weighted by atomic mass is 9.70. The molecule has 0 aliphatic heterocycles. The van der Waals surface area contributed by atoms with Gasteiger partial charge in [-0.15, -0.1) is 0 Å². The number of carboxylic acid groups (broad SMARTS) is 1. The smallest absolute Gasteiger partial charge is 0.312 e. The van der Waals surface area contributed by atoms with E-state index >= 15 is 0 Å². The lowest BCUT2D eigenvalue weighted by Gasteiger charge is -2.30. The highest BCUT2D eigenvalue weighted by Crippen LogP contribution is 2.58. The van der Waals surface area contributed by atoms with E-state index in [1.165, 1.54) is 0 Å². The number of hydrogen-bond donors (Lipinski definition) is 1. The SMILES string of the molecule is O=C(O)C12C3C=CC1C=CC2C=C3. The Morgan fingerprint density at radius 1 is 0.923 bits per heavy atom. The summed E-state index contributed by atoms with van der Waals surface area (Å²) in [6.07, 6.45) is 12.2. The number of rotatable bonds is 1. The van der Waals surface area contributed by atoms with Gasteiger partial charge in [0.1, 0.15) is 0 Å². The molecule has 2 heteroatoms. The molecule has 0 aromatic rings. The minimum atomic E-state index is -0.660. The van der Waals surface area contributed by atoms with Crippen molar-refractivity contribution in [3.63, 3.8) is 0 Å². The number of carbonyl (C=O) groups is 1. The Bertz CT molecular complexity index is 299. The van der Waals surface area contributed by atoms with Crippen molar-refractivity contribution >= 4 is 5.97 Å². The average molecular weight is 174 g/mol. The maximum Gasteiger partial charge on any atom is 0.312 e. The van der Waals surface area contributed by atoms with Gasteiger partial charge in [-0.1, -0.05) is 36.5 Å². The van der Waals surface area contributed by atoms with Crippen LogP contribution < -0.4 is 0 Å². The minimum absolute atomic E-state index is 0.106. The first kappa shape index (κ1) is 7.13. The van der Waals surface area contributed by atoms with Gasteiger partial charge in [-0.25, -0.2) is 0 Å². The van der Waals surface area contributed by atoms with Crippen LogP contribution in [0.3, 0.4) is 0 Å². The summed E-state index contributed by atoms with van der Waals surface area (Å²) in [7, 11) is 0. The first-order chi connectivity index (χ1) is 6.26. The molecule has 0 unspecified atom stereocenters. The molecule has 0 fully saturated rings. The summed E-state index contributed by atoms with van der Waals surface area (Å²) in [6.45, 7) is 0. The third kappa shape index (κ3) is 0.568. The van der Waals surface area contributed by atoms with E-state index in [4.69, 9.17) is 0 Å². The van der Waals surface area contributed by atoms with E-state index in [1.807, 2.05) is 36.5 Å². The monoisotopic (exact) mass is 174 g/mol. The molecule has 0 bridgehead atoms. The Morgan fingerprint density at radius 2 is 1.23 bits per heavy atom. The molecule has 0 aromatic carbocycles. The fourth-order valence-electron chi connectivity index (χ4n) is 2.96. The second-order valence-electron chi connectivity index (χ2n) is 3.97. The van der Waals surface area contributed by atoms with E-state index in [0.717, 1.165) is 0 Å². The molecule has 1 N–H and O–H groups in total. The third-order valence-electron chi connectivity index (χ3n) is 3.60. The summed E-state index contributed by atoms with van der Waals surface area (Å²) >= 11 is 0. The van der Waals surface area contributed by atoms with Crippen LogP contribution in [0.1, 0.15) is 0 Å². The Balaban J connectivity index is 2.20. The molecule has 0 saturated carbocycles. The van der Waals surface area contributed by atoms with Crippen LogP contribution >= 0.6 is 0 Å². The van der Waals surface area contributed by atoms with Crippen molar-refractivity contribution in [2.75, 3.05) is 0 Å². The highest BCUT2D eigenvalue weighted by atomic mass is 16.4. The third-order valence-corrected chi connectivity index (χ3v) is 3.60. The standard InChI is InChI=1S/C11H10O2/c12-10(13)11-7-1-2-8(11)5-6-9(11)4-3-7/h1-9H,(H,12,13). The van der Waals surface area contributed by atoms with Crippen LogP contribution in [0.2, 0.25) is 0 Å². The average Bonchev–Trinajstić information content (AvgIpc) is 2.71. The highest BCUT2D eigenvalue weighted by Gasteiger charge is 2.60. The molecule has 3 aliphatic carbocycles. The quantitative estimate of drug-likeness (QED) is 0.613. The molecular weight excluding hydrogens is 164 g/mol. The zero-order chi connectivity index (χ0) is 9.05. The predicted molar refractivity (Wildman–Crippen MR) is 48.0 cm³/mol. The van der Waals surface area contributed by atoms with Gasteiger partial charge in [-0.3, -0.25) is 4.79 Å². The lowest BCUT2D eigenvalue weighted by molar-refractivity contribution is -0.152. The summed E-state index contributed by atoms with van der Waals surface area (Å²) in [5, 5.41) is 9.34. The molecule has 0 radical (unpaired) electrons. The lowest BCUT2D eigenvalue weighted by Crippen LogP contribution is -2.39. The molecule has 3 aliphatic rings. The fourth-order valence-corrected chi connectivity index (χ4v) is 2.96. The van der Waals surface area contributed by atoms with Crippen LogP contribution in [0.15, 0.2) is 36.5 Å². The van der Waals surface area contributed by atoms with Gasteiger partial charge in [0.05, 0.1) is 5.41 Å². The molecule has 3 rings (SSSR count). The summed E-state index contributed by atoms with van der Waals surface area (Å²) in [6, 6.07) is 0. The van der Waals surface area contributed by atoms with Gasteiger partial charge in [0.2, 0.25) is 0 Å². The van der Waals surface area contributed by atoms with E-state index in [-0.39, 0.29) is 17.8 Å². The molecule has 13 heavy (non-hydrogen) atoms. The number of aliphatic carboxylic acids is 1. The Labute approximate surface area is 76.3 Å². The van der Waals surface area contributed by atoms with E-state index in [1.54, 1.807) is 0 Å². The Hall–Kier alpha value is -1.31. The van der Waals surface area contributed by atoms with E-state index in [9.17, 15) is 9.90 Å². The van der Waals surface area contributed by atoms with Gasteiger partial charge >= 0.3 is 5.97 Å². The predicted octanol–water partition coefficient (Wildman–Crippen LogP) is 1.62. The highest BCUT2D eigenvalue weighted by molar-refractivity contribution is 5.81. The van der Waals surface area contributed by atoms with Crippen molar-refractivity contribution < 1.29 is 9.90 Å². The molecule has 0 saturated heterocycles. The van der Waals surface area contributed by atoms with Crippen LogP contribution in [-0.4, -0.2) is 11.1 Å². The largest absolute Gasteiger partial charge is 0.481 e. The van der Waals surface area contributed by atoms with Crippen LogP contribution in [-0.2, 0) is 4.79 Å². The van der Waals surface area contributed by atoms with Gasteiger partial charge in [0.25, 0.3) is 0 Å². The Morgan fingerprint density at radius 3 is 1.46 bits per heavy atom. The normalized spacial score (nSPS) is 48.8. The van der Waals surface area contributed by atoms with Crippen LogP contribution in [0.5, 0.6) is 0 Å². The molecule has 0 aromatic heterocycles. The van der Waals surface area contributed by atoms with Gasteiger partial charge < -0.3 is 5.11 Å². The number of carboxylic acids is 1. The van der Waals surface area contributed by atoms with Crippen molar-refractivity contribution in [1.29, 1.82) is 0 Å². The molecule has 0 spiro atoms. The maximum atomic E-state index is 11.3. The van der Waals surface area contributed by atoms with E-state index in [0.29, 0.717) is 0 Å². The molecule has 66 valence electrons. The van der Waals surface area contributed by atoms with Gasteiger partial charge in [0.15, 0.2) is 0 Å². The summed E-state index contributed by atoms with van der Waals surface area (Å²) in [5.74, 6) is -0.340. The fraction of sp³-hybridized carbons (Fsp3) is 0.364. The second-order valence-corrected chi connectivity index (χ2v) is 3.97. The second kappa shape index (κ2) is 1.95. The molecule has 0 heterocycles. The zero-order valence-electron chi connectivity index (χ0n) is 7.05. The topological polar surface area (TPSA) is 37.3 Å². The van der Waals surface area contributed by atoms with Gasteiger partial charge in [-0.2, -0.15) is 0 Å². The van der Waals surface area contributed by atoms with E-state index in [2.05, 4.69) is 0 Å². The van der Waals surface area contributed by atoms with Crippen molar-refractivity contribution in [1.82, 2.24) is 0 Å². The molecule has 0 amide bonds. The van der Waals surface area contributed by atoms with Crippen LogP contribution in [0.4, 0.5) is 0 Å². The van der Waals surface area contributed by atoms with Crippen molar-refractivity contribution in [3.05, 3.63) is 36.5 Å². The summed E-state index contributed by atoms with van der Waals surface area (Å²) in [4.78, 5) is 11.3. The van der Waals surface area contributed by atoms with Crippen LogP contribution in [0, 0.1) is 23.2 Å². The number of allylic oxidation sites excluding steroid dienone is 6. The minimum Gasteiger partial charge on any atom is -0.481 e. The van der Waals surface area contributed by atoms with Gasteiger partial charge in [-0.05, 0) is 0 Å². The van der Waals surface area contributed by atoms with Crippen molar-refractivity contribution in [3.8, 4) is 0 Å². The number of hydrogen-bond acceptors (Lipinski definition) is 1. The Kier molecular flexibility index (Phi) is 1.07. The molecular formula is C11H10O2. The van der Waals surface area contributed by atoms with Gasteiger partial charge in [0, 0.05) is 17.8 Å². The van der Waals surface area contributed by atoms with Crippen LogP contribution in [0.25, 0.3) is 0 Å². The first-order valence-corrected chi connectivity index (χ1v) is 4.54.